The Bertz CT molecular complexity index is 4490. The van der Waals surface area contributed by atoms with Gasteiger partial charge in [-0.1, -0.05) is 143 Å². The summed E-state index contributed by atoms with van der Waals surface area (Å²) in [7, 11) is 2.56. The molecule has 3 nitrogen and oxygen atoms in total. The van der Waals surface area contributed by atoms with Crippen LogP contribution in [0.15, 0.2) is 138 Å². The summed E-state index contributed by atoms with van der Waals surface area (Å²) in [5.41, 5.74) is 21.4. The molecule has 0 atom stereocenters. The van der Waals surface area contributed by atoms with Crippen LogP contribution in [0.25, 0.3) is 102 Å². The van der Waals surface area contributed by atoms with Crippen LogP contribution in [0.2, 0.25) is 0 Å². The molecule has 12 aromatic rings. The Morgan fingerprint density at radius 1 is 0.539 bits per heavy atom. The van der Waals surface area contributed by atoms with Crippen molar-refractivity contribution in [3.05, 3.63) is 161 Å². The molecule has 4 aromatic heterocycles. The second kappa shape index (κ2) is 15.5. The highest BCUT2D eigenvalue weighted by atomic mass is 32.1. The molecular weight excluding hydrogens is 960 g/mol. The number of fused-ring (bicyclic) bond motifs is 16. The number of benzene rings is 8. The minimum absolute atomic E-state index is 0.0217. The molecule has 0 fully saturated rings. The molecule has 3 aliphatic rings. The van der Waals surface area contributed by atoms with Crippen molar-refractivity contribution in [1.82, 2.24) is 4.57 Å². The average Bonchev–Trinajstić information content (AvgIpc) is 4.34. The molecule has 0 unspecified atom stereocenters. The highest BCUT2D eigenvalue weighted by Gasteiger charge is 2.41. The number of nitrogens with one attached hydrogen (secondary N) is 1. The monoisotopic (exact) mass is 1020 g/mol. The fourth-order valence-electron chi connectivity index (χ4n) is 14.0. The maximum Gasteiger partial charge on any atom is 0.211 e. The molecule has 76 heavy (non-hydrogen) atoms. The van der Waals surface area contributed by atoms with Crippen LogP contribution in [0.5, 0.6) is 0 Å². The Balaban J connectivity index is 1.11. The third-order valence-electron chi connectivity index (χ3n) is 18.7. The predicted molar refractivity (Wildman–Crippen MR) is 331 cm³/mol. The molecular formula is C70H64BN2OS2. The largest absolute Gasteiger partial charge is 0.455 e. The van der Waals surface area contributed by atoms with Gasteiger partial charge in [0.25, 0.3) is 0 Å². The summed E-state index contributed by atoms with van der Waals surface area (Å²) < 4.78 is 15.4. The summed E-state index contributed by atoms with van der Waals surface area (Å²) >= 11 is 3.86. The Kier molecular flexibility index (Phi) is 9.55. The SMILES string of the molecule is CC(C)(C)c1ccc(Nc2cc3sc4cc5c(cc4c3cc2-c2c3c4c(c6cc7c(cc6n4-c4c(sc6ccc(-c8ccccc8)cc46)[B]3)C(C)(C)CCC7(C)C)c3oc4ccccc4c23)C(C)(C)CCC5(C)C)cc1. The molecule has 0 bridgehead atoms. The number of para-hydroxylation sites is 1. The van der Waals surface area contributed by atoms with Crippen molar-refractivity contribution in [3.8, 4) is 27.9 Å². The number of rotatable bonds is 4. The van der Waals surface area contributed by atoms with Gasteiger partial charge in [0.2, 0.25) is 7.28 Å². The van der Waals surface area contributed by atoms with Crippen molar-refractivity contribution >= 4 is 126 Å². The van der Waals surface area contributed by atoms with Crippen molar-refractivity contribution in [1.29, 1.82) is 0 Å². The summed E-state index contributed by atoms with van der Waals surface area (Å²) in [6, 6.07) is 51.3. The smallest absolute Gasteiger partial charge is 0.211 e. The Morgan fingerprint density at radius 2 is 1.16 bits per heavy atom. The van der Waals surface area contributed by atoms with Gasteiger partial charge in [-0.2, -0.15) is 0 Å². The molecule has 375 valence electrons. The Morgan fingerprint density at radius 3 is 1.86 bits per heavy atom. The molecule has 2 aliphatic carbocycles. The summed E-state index contributed by atoms with van der Waals surface area (Å²) in [6.07, 6.45) is 4.66. The fraction of sp³-hybridized carbons (Fsp3) is 0.286. The van der Waals surface area contributed by atoms with Gasteiger partial charge in [0, 0.05) is 63.4 Å². The lowest BCUT2D eigenvalue weighted by molar-refractivity contribution is 0.332. The number of hydrogen-bond donors (Lipinski definition) is 1. The number of anilines is 2. The number of hydrogen-bond acceptors (Lipinski definition) is 4. The van der Waals surface area contributed by atoms with E-state index >= 15 is 0 Å². The van der Waals surface area contributed by atoms with E-state index in [-0.39, 0.29) is 27.1 Å². The van der Waals surface area contributed by atoms with Crippen LogP contribution in [0.4, 0.5) is 11.4 Å². The van der Waals surface area contributed by atoms with Gasteiger partial charge in [0.05, 0.1) is 22.1 Å². The van der Waals surface area contributed by atoms with Crippen LogP contribution >= 0.6 is 22.7 Å². The van der Waals surface area contributed by atoms with E-state index in [0.717, 1.165) is 40.8 Å². The minimum Gasteiger partial charge on any atom is -0.455 e. The summed E-state index contributed by atoms with van der Waals surface area (Å²) in [5.74, 6) is 0. The Hall–Kier alpha value is -6.60. The van der Waals surface area contributed by atoms with Gasteiger partial charge >= 0.3 is 0 Å². The molecule has 0 amide bonds. The highest BCUT2D eigenvalue weighted by Crippen LogP contribution is 2.55. The van der Waals surface area contributed by atoms with Crippen molar-refractivity contribution < 1.29 is 4.42 Å². The van der Waals surface area contributed by atoms with Crippen molar-refractivity contribution in [2.75, 3.05) is 5.32 Å². The number of thiophene rings is 2. The van der Waals surface area contributed by atoms with E-state index in [0.29, 0.717) is 0 Å². The van der Waals surface area contributed by atoms with E-state index in [1.807, 2.05) is 22.7 Å². The summed E-state index contributed by atoms with van der Waals surface area (Å²) in [4.78, 5) is 0. The van der Waals surface area contributed by atoms with E-state index in [4.69, 9.17) is 4.42 Å². The minimum atomic E-state index is 0.0217. The third-order valence-corrected chi connectivity index (χ3v) is 20.9. The fourth-order valence-corrected chi connectivity index (χ4v) is 16.2. The maximum atomic E-state index is 7.45. The van der Waals surface area contributed by atoms with Crippen LogP contribution in [0, 0.1) is 0 Å². The second-order valence-electron chi connectivity index (χ2n) is 26.5. The summed E-state index contributed by atoms with van der Waals surface area (Å²) in [6.45, 7) is 26.5. The van der Waals surface area contributed by atoms with Crippen LogP contribution < -0.4 is 15.6 Å². The lowest BCUT2D eigenvalue weighted by Crippen LogP contribution is -2.35. The van der Waals surface area contributed by atoms with Crippen molar-refractivity contribution in [2.45, 2.75) is 129 Å². The van der Waals surface area contributed by atoms with E-state index in [9.17, 15) is 0 Å². The van der Waals surface area contributed by atoms with E-state index < -0.39 is 0 Å². The molecule has 0 saturated heterocycles. The topological polar surface area (TPSA) is 30.1 Å². The second-order valence-corrected chi connectivity index (χ2v) is 28.6. The van der Waals surface area contributed by atoms with Crippen LogP contribution in [-0.2, 0) is 27.1 Å². The lowest BCUT2D eigenvalue weighted by atomic mass is 9.62. The molecule has 1 radical (unpaired) electrons. The Labute approximate surface area is 455 Å². The molecule has 15 rings (SSSR count). The zero-order valence-corrected chi connectivity index (χ0v) is 47.4. The first-order valence-electron chi connectivity index (χ1n) is 27.6. The lowest BCUT2D eigenvalue weighted by Gasteiger charge is -2.42. The summed E-state index contributed by atoms with van der Waals surface area (Å²) in [5, 5.41) is 12.8. The molecule has 0 spiro atoms. The number of nitrogens with zero attached hydrogens (tertiary/aromatic N) is 1. The van der Waals surface area contributed by atoms with Crippen molar-refractivity contribution in [2.24, 2.45) is 0 Å². The van der Waals surface area contributed by atoms with Gasteiger partial charge in [-0.3, -0.25) is 0 Å². The van der Waals surface area contributed by atoms with E-state index in [2.05, 4.69) is 227 Å². The number of aromatic nitrogens is 1. The number of furan rings is 1. The van der Waals surface area contributed by atoms with Gasteiger partial charge in [0.15, 0.2) is 0 Å². The predicted octanol–water partition coefficient (Wildman–Crippen LogP) is 19.3. The molecule has 0 saturated carbocycles. The molecule has 6 heteroatoms. The first-order valence-corrected chi connectivity index (χ1v) is 29.3. The van der Waals surface area contributed by atoms with Gasteiger partial charge in [-0.15, -0.1) is 22.7 Å². The maximum absolute atomic E-state index is 7.45. The van der Waals surface area contributed by atoms with Crippen LogP contribution in [0.1, 0.15) is 130 Å². The van der Waals surface area contributed by atoms with Gasteiger partial charge in [-0.05, 0) is 174 Å². The zero-order chi connectivity index (χ0) is 52.2. The van der Waals surface area contributed by atoms with Gasteiger partial charge in [-0.25, -0.2) is 0 Å². The highest BCUT2D eigenvalue weighted by molar-refractivity contribution is 7.29. The van der Waals surface area contributed by atoms with Gasteiger partial charge in [0.1, 0.15) is 11.2 Å². The zero-order valence-electron chi connectivity index (χ0n) is 45.8. The van der Waals surface area contributed by atoms with E-state index in [1.54, 1.807) is 0 Å². The normalized spacial score (nSPS) is 17.2. The van der Waals surface area contributed by atoms with E-state index in [1.165, 1.54) is 136 Å². The van der Waals surface area contributed by atoms with Crippen LogP contribution in [0.3, 0.4) is 0 Å². The first-order chi connectivity index (χ1) is 36.2. The molecule has 8 aromatic carbocycles. The molecule has 1 aliphatic heterocycles. The average molecular weight is 1020 g/mol. The van der Waals surface area contributed by atoms with Gasteiger partial charge < -0.3 is 14.3 Å². The first kappa shape index (κ1) is 46.7. The standard InChI is InChI=1S/C70H64BN2OS2/c1-66(2,3)40-22-24-41(25-23-40)72-52-37-57-43(44-33-48-51(36-56(44)75-57)70(10,11)30-28-67(48,4)5)32-45(52)58-59-42-19-15-16-20-54(42)74-64(59)60-46-34-49-50(69(8,9)29-27-68(49,6)7)35-53(46)73-62-47-31-39(38-17-13-12-14-18-38)21-26-55(47)76-65(62)71-61(58)63(60)73/h12-26,31-37,72H,27-30H2,1-11H3. The van der Waals surface area contributed by atoms with Crippen molar-refractivity contribution in [3.63, 3.8) is 0 Å². The van der Waals surface area contributed by atoms with Crippen LogP contribution in [-0.4, -0.2) is 11.8 Å². The molecule has 1 N–H and O–H groups in total. The molecule has 5 heterocycles. The third kappa shape index (κ3) is 6.65. The quantitative estimate of drug-likeness (QED) is 0.178.